The van der Waals surface area contributed by atoms with Crippen LogP contribution in [0, 0.1) is 0 Å². The fourth-order valence-corrected chi connectivity index (χ4v) is 2.54. The number of urea groups is 1. The number of rotatable bonds is 6. The van der Waals surface area contributed by atoms with Gasteiger partial charge in [0, 0.05) is 38.9 Å². The van der Waals surface area contributed by atoms with E-state index in [1.54, 1.807) is 0 Å². The van der Waals surface area contributed by atoms with E-state index in [0.29, 0.717) is 24.8 Å². The van der Waals surface area contributed by atoms with Gasteiger partial charge in [-0.05, 0) is 25.0 Å². The van der Waals surface area contributed by atoms with Crippen LogP contribution in [0.4, 0.5) is 4.79 Å². The molecule has 0 spiro atoms. The molecule has 2 amide bonds. The quantitative estimate of drug-likeness (QED) is 0.780. The molecule has 1 fully saturated rings. The summed E-state index contributed by atoms with van der Waals surface area (Å²) in [7, 11) is 0. The fourth-order valence-electron chi connectivity index (χ4n) is 2.43. The van der Waals surface area contributed by atoms with Crippen molar-refractivity contribution in [2.75, 3.05) is 32.8 Å². The van der Waals surface area contributed by atoms with E-state index in [2.05, 4.69) is 20.5 Å². The summed E-state index contributed by atoms with van der Waals surface area (Å²) in [6.07, 6.45) is 2.77. The topological polar surface area (TPSA) is 66.5 Å². The predicted octanol–water partition coefficient (Wildman–Crippen LogP) is 1.65. The molecule has 1 saturated heterocycles. The normalized spacial score (nSPS) is 18.9. The SMILES string of the molecule is CCNC(=O)NCC[C@@H]1CN(Cc2ccc(Cl)nc2)CCO1. The Balaban J connectivity index is 1.72. The van der Waals surface area contributed by atoms with E-state index in [9.17, 15) is 4.79 Å². The van der Waals surface area contributed by atoms with Crippen LogP contribution in [0.5, 0.6) is 0 Å². The third-order valence-corrected chi connectivity index (χ3v) is 3.73. The summed E-state index contributed by atoms with van der Waals surface area (Å²) in [6.45, 7) is 6.47. The van der Waals surface area contributed by atoms with Gasteiger partial charge >= 0.3 is 6.03 Å². The Labute approximate surface area is 136 Å². The van der Waals surface area contributed by atoms with Gasteiger partial charge in [-0.3, -0.25) is 4.90 Å². The molecule has 2 rings (SSSR count). The average molecular weight is 327 g/mol. The summed E-state index contributed by atoms with van der Waals surface area (Å²) >= 11 is 5.80. The van der Waals surface area contributed by atoms with Gasteiger partial charge in [-0.2, -0.15) is 0 Å². The second-order valence-electron chi connectivity index (χ2n) is 5.29. The van der Waals surface area contributed by atoms with Gasteiger partial charge < -0.3 is 15.4 Å². The highest BCUT2D eigenvalue weighted by atomic mass is 35.5. The second kappa shape index (κ2) is 8.92. The molecular weight excluding hydrogens is 304 g/mol. The summed E-state index contributed by atoms with van der Waals surface area (Å²) < 4.78 is 5.76. The highest BCUT2D eigenvalue weighted by Gasteiger charge is 2.20. The molecular formula is C15H23ClN4O2. The average Bonchev–Trinajstić information content (AvgIpc) is 2.50. The van der Waals surface area contributed by atoms with Crippen LogP contribution >= 0.6 is 11.6 Å². The molecule has 1 aliphatic rings. The molecule has 1 atom stereocenters. The zero-order valence-electron chi connectivity index (χ0n) is 12.8. The van der Waals surface area contributed by atoms with Crippen molar-refractivity contribution in [3.63, 3.8) is 0 Å². The van der Waals surface area contributed by atoms with E-state index < -0.39 is 0 Å². The molecule has 1 aromatic heterocycles. The molecule has 0 unspecified atom stereocenters. The summed E-state index contributed by atoms with van der Waals surface area (Å²) in [6, 6.07) is 3.68. The Morgan fingerprint density at radius 3 is 3.09 bits per heavy atom. The van der Waals surface area contributed by atoms with Crippen LogP contribution in [0.1, 0.15) is 18.9 Å². The minimum atomic E-state index is -0.123. The first-order valence-corrected chi connectivity index (χ1v) is 8.01. The van der Waals surface area contributed by atoms with Crippen LogP contribution < -0.4 is 10.6 Å². The van der Waals surface area contributed by atoms with Crippen LogP contribution in [-0.4, -0.2) is 54.8 Å². The smallest absolute Gasteiger partial charge is 0.314 e. The Hall–Kier alpha value is -1.37. The summed E-state index contributed by atoms with van der Waals surface area (Å²) in [4.78, 5) is 17.8. The van der Waals surface area contributed by atoms with Gasteiger partial charge in [0.25, 0.3) is 0 Å². The number of pyridine rings is 1. The molecule has 22 heavy (non-hydrogen) atoms. The van der Waals surface area contributed by atoms with Crippen molar-refractivity contribution in [3.05, 3.63) is 29.0 Å². The van der Waals surface area contributed by atoms with Gasteiger partial charge in [-0.15, -0.1) is 0 Å². The van der Waals surface area contributed by atoms with Gasteiger partial charge in [0.2, 0.25) is 0 Å². The molecule has 1 aromatic rings. The number of hydrogen-bond acceptors (Lipinski definition) is 4. The van der Waals surface area contributed by atoms with Gasteiger partial charge in [-0.25, -0.2) is 9.78 Å². The number of ether oxygens (including phenoxy) is 1. The van der Waals surface area contributed by atoms with Crippen LogP contribution in [-0.2, 0) is 11.3 Å². The van der Waals surface area contributed by atoms with Crippen molar-refractivity contribution in [1.82, 2.24) is 20.5 Å². The van der Waals surface area contributed by atoms with Gasteiger partial charge in [0.15, 0.2) is 0 Å². The van der Waals surface area contributed by atoms with Crippen LogP contribution in [0.15, 0.2) is 18.3 Å². The number of halogens is 1. The Kier molecular flexibility index (Phi) is 6.89. The van der Waals surface area contributed by atoms with E-state index in [0.717, 1.165) is 31.6 Å². The minimum absolute atomic E-state index is 0.123. The van der Waals surface area contributed by atoms with E-state index >= 15 is 0 Å². The lowest BCUT2D eigenvalue weighted by atomic mass is 10.2. The van der Waals surface area contributed by atoms with Crippen LogP contribution in [0.3, 0.4) is 0 Å². The Morgan fingerprint density at radius 2 is 2.36 bits per heavy atom. The Morgan fingerprint density at radius 1 is 1.50 bits per heavy atom. The van der Waals surface area contributed by atoms with Crippen molar-refractivity contribution in [2.24, 2.45) is 0 Å². The van der Waals surface area contributed by atoms with Gasteiger partial charge in [0.1, 0.15) is 5.15 Å². The molecule has 2 heterocycles. The summed E-state index contributed by atoms with van der Waals surface area (Å²) in [5, 5.41) is 6.05. The zero-order chi connectivity index (χ0) is 15.8. The number of morpholine rings is 1. The molecule has 0 aliphatic carbocycles. The highest BCUT2D eigenvalue weighted by Crippen LogP contribution is 2.13. The third kappa shape index (κ3) is 5.79. The van der Waals surface area contributed by atoms with Crippen molar-refractivity contribution in [1.29, 1.82) is 0 Å². The van der Waals surface area contributed by atoms with E-state index in [4.69, 9.17) is 16.3 Å². The number of nitrogens with zero attached hydrogens (tertiary/aromatic N) is 2. The van der Waals surface area contributed by atoms with Crippen molar-refractivity contribution in [2.45, 2.75) is 26.0 Å². The lowest BCUT2D eigenvalue weighted by molar-refractivity contribution is -0.0341. The zero-order valence-corrected chi connectivity index (χ0v) is 13.6. The van der Waals surface area contributed by atoms with Crippen LogP contribution in [0.25, 0.3) is 0 Å². The molecule has 0 bridgehead atoms. The standard InChI is InChI=1S/C15H23ClN4O2/c1-2-17-15(21)18-6-5-13-11-20(7-8-22-13)10-12-3-4-14(16)19-9-12/h3-4,9,13H,2,5-8,10-11H2,1H3,(H2,17,18,21)/t13-/m1/s1. The number of amides is 2. The lowest BCUT2D eigenvalue weighted by Gasteiger charge is -2.33. The molecule has 122 valence electrons. The number of hydrogen-bond donors (Lipinski definition) is 2. The maximum Gasteiger partial charge on any atom is 0.314 e. The molecule has 0 aromatic carbocycles. The van der Waals surface area contributed by atoms with Gasteiger partial charge in [-0.1, -0.05) is 17.7 Å². The second-order valence-corrected chi connectivity index (χ2v) is 5.68. The fraction of sp³-hybridized carbons (Fsp3) is 0.600. The monoisotopic (exact) mass is 326 g/mol. The van der Waals surface area contributed by atoms with E-state index in [1.807, 2.05) is 25.3 Å². The molecule has 0 saturated carbocycles. The number of carbonyl (C=O) groups is 1. The Bertz CT molecular complexity index is 469. The van der Waals surface area contributed by atoms with Crippen molar-refractivity contribution < 1.29 is 9.53 Å². The van der Waals surface area contributed by atoms with Crippen LogP contribution in [0.2, 0.25) is 5.15 Å². The molecule has 1 aliphatic heterocycles. The molecule has 2 N–H and O–H groups in total. The van der Waals surface area contributed by atoms with Crippen molar-refractivity contribution >= 4 is 17.6 Å². The first kappa shape index (κ1) is 17.0. The van der Waals surface area contributed by atoms with E-state index in [-0.39, 0.29) is 12.1 Å². The first-order chi connectivity index (χ1) is 10.7. The number of nitrogens with one attached hydrogen (secondary N) is 2. The molecule has 6 nitrogen and oxygen atoms in total. The first-order valence-electron chi connectivity index (χ1n) is 7.63. The molecule has 7 heteroatoms. The maximum absolute atomic E-state index is 11.3. The van der Waals surface area contributed by atoms with Gasteiger partial charge in [0.05, 0.1) is 12.7 Å². The minimum Gasteiger partial charge on any atom is -0.375 e. The van der Waals surface area contributed by atoms with E-state index in [1.165, 1.54) is 0 Å². The predicted molar refractivity (Wildman–Crippen MR) is 86.0 cm³/mol. The van der Waals surface area contributed by atoms with Crippen molar-refractivity contribution in [3.8, 4) is 0 Å². The third-order valence-electron chi connectivity index (χ3n) is 3.51. The largest absolute Gasteiger partial charge is 0.375 e. The number of carbonyl (C=O) groups excluding carboxylic acids is 1. The summed E-state index contributed by atoms with van der Waals surface area (Å²) in [5.74, 6) is 0. The molecule has 0 radical (unpaired) electrons. The lowest BCUT2D eigenvalue weighted by Crippen LogP contribution is -2.44. The number of aromatic nitrogens is 1. The highest BCUT2D eigenvalue weighted by molar-refractivity contribution is 6.29. The maximum atomic E-state index is 11.3. The summed E-state index contributed by atoms with van der Waals surface area (Å²) in [5.41, 5.74) is 1.14.